The fraction of sp³-hybridized carbons (Fsp3) is 0.368. The molecular weight excluding hydrogens is 324 g/mol. The Morgan fingerprint density at radius 1 is 1.44 bits per heavy atom. The molecule has 0 saturated heterocycles. The standard InChI is InChI=1S/C19H21F2N3O/c1-3-17(25)23-15-10-16-14(12-24(2)18(16)22-11-15)5-4-13-6-8-19(20,21)9-7-13/h3-5,10-13H,1,6-9H2,2H3,(H,23,25)/b5-4+. The van der Waals surface area contributed by atoms with Gasteiger partial charge >= 0.3 is 0 Å². The van der Waals surface area contributed by atoms with E-state index < -0.39 is 5.92 Å². The van der Waals surface area contributed by atoms with Crippen LogP contribution in [0.1, 0.15) is 31.2 Å². The summed E-state index contributed by atoms with van der Waals surface area (Å²) >= 11 is 0. The number of carbonyl (C=O) groups excluding carboxylic acids is 1. The third-order valence-corrected chi connectivity index (χ3v) is 4.61. The van der Waals surface area contributed by atoms with Crippen LogP contribution in [0.25, 0.3) is 17.1 Å². The Labute approximate surface area is 145 Å². The van der Waals surface area contributed by atoms with E-state index in [0.29, 0.717) is 18.5 Å². The molecule has 0 unspecified atom stereocenters. The molecule has 6 heteroatoms. The molecule has 2 heterocycles. The Morgan fingerprint density at radius 2 is 2.16 bits per heavy atom. The summed E-state index contributed by atoms with van der Waals surface area (Å²) in [7, 11) is 1.90. The maximum Gasteiger partial charge on any atom is 0.248 e. The lowest BCUT2D eigenvalue weighted by molar-refractivity contribution is -0.111. The fourth-order valence-electron chi connectivity index (χ4n) is 3.18. The van der Waals surface area contributed by atoms with Gasteiger partial charge in [0.1, 0.15) is 5.65 Å². The molecule has 1 amide bonds. The average molecular weight is 345 g/mol. The van der Waals surface area contributed by atoms with Crippen LogP contribution in [0.15, 0.2) is 37.2 Å². The molecule has 1 aliphatic rings. The van der Waals surface area contributed by atoms with Crippen LogP contribution >= 0.6 is 0 Å². The van der Waals surface area contributed by atoms with E-state index in [1.165, 1.54) is 6.08 Å². The first-order valence-electron chi connectivity index (χ1n) is 8.32. The summed E-state index contributed by atoms with van der Waals surface area (Å²) in [5, 5.41) is 3.60. The molecule has 3 rings (SSSR count). The number of pyridine rings is 1. The number of nitrogens with zero attached hydrogens (tertiary/aromatic N) is 2. The third kappa shape index (κ3) is 3.95. The zero-order chi connectivity index (χ0) is 18.0. The number of aromatic nitrogens is 2. The largest absolute Gasteiger partial charge is 0.335 e. The highest BCUT2D eigenvalue weighted by atomic mass is 19.3. The van der Waals surface area contributed by atoms with Crippen molar-refractivity contribution >= 4 is 28.7 Å². The van der Waals surface area contributed by atoms with Crippen molar-refractivity contribution in [3.8, 4) is 0 Å². The Hall–Kier alpha value is -2.50. The molecule has 2 aromatic heterocycles. The molecule has 0 atom stereocenters. The van der Waals surface area contributed by atoms with E-state index in [2.05, 4.69) is 16.9 Å². The molecule has 1 fully saturated rings. The highest BCUT2D eigenvalue weighted by molar-refractivity contribution is 6.00. The van der Waals surface area contributed by atoms with Crippen molar-refractivity contribution in [2.45, 2.75) is 31.6 Å². The molecule has 1 aliphatic carbocycles. The van der Waals surface area contributed by atoms with Gasteiger partial charge in [-0.25, -0.2) is 13.8 Å². The Morgan fingerprint density at radius 3 is 2.84 bits per heavy atom. The van der Waals surface area contributed by atoms with Gasteiger partial charge in [-0.1, -0.05) is 18.7 Å². The van der Waals surface area contributed by atoms with E-state index in [4.69, 9.17) is 0 Å². The summed E-state index contributed by atoms with van der Waals surface area (Å²) in [4.78, 5) is 15.8. The van der Waals surface area contributed by atoms with Crippen LogP contribution in [0.5, 0.6) is 0 Å². The van der Waals surface area contributed by atoms with Gasteiger partial charge in [-0.05, 0) is 30.9 Å². The molecule has 0 spiro atoms. The maximum absolute atomic E-state index is 13.3. The number of hydrogen-bond donors (Lipinski definition) is 1. The Bertz CT molecular complexity index is 829. The van der Waals surface area contributed by atoms with Gasteiger partial charge in [-0.2, -0.15) is 0 Å². The topological polar surface area (TPSA) is 46.9 Å². The van der Waals surface area contributed by atoms with Gasteiger partial charge in [0.25, 0.3) is 0 Å². The van der Waals surface area contributed by atoms with Crippen molar-refractivity contribution in [2.75, 3.05) is 5.32 Å². The van der Waals surface area contributed by atoms with Gasteiger partial charge in [-0.3, -0.25) is 4.79 Å². The lowest BCUT2D eigenvalue weighted by Crippen LogP contribution is -2.23. The van der Waals surface area contributed by atoms with Crippen LogP contribution in [0, 0.1) is 5.92 Å². The summed E-state index contributed by atoms with van der Waals surface area (Å²) in [6.45, 7) is 3.43. The van der Waals surface area contributed by atoms with Gasteiger partial charge in [0.2, 0.25) is 11.8 Å². The second-order valence-electron chi connectivity index (χ2n) is 6.54. The molecule has 0 aromatic carbocycles. The molecular formula is C19H21F2N3O. The van der Waals surface area contributed by atoms with Crippen molar-refractivity contribution < 1.29 is 13.6 Å². The number of hydrogen-bond acceptors (Lipinski definition) is 2. The van der Waals surface area contributed by atoms with Crippen molar-refractivity contribution in [2.24, 2.45) is 13.0 Å². The van der Waals surface area contributed by atoms with E-state index in [1.807, 2.05) is 36.0 Å². The van der Waals surface area contributed by atoms with Crippen molar-refractivity contribution in [1.82, 2.24) is 9.55 Å². The van der Waals surface area contributed by atoms with Crippen LogP contribution in [-0.2, 0) is 11.8 Å². The third-order valence-electron chi connectivity index (χ3n) is 4.61. The first-order valence-corrected chi connectivity index (χ1v) is 8.32. The molecule has 1 N–H and O–H groups in total. The number of carbonyl (C=O) groups is 1. The minimum Gasteiger partial charge on any atom is -0.335 e. The number of rotatable bonds is 4. The van der Waals surface area contributed by atoms with Crippen LogP contribution in [-0.4, -0.2) is 21.4 Å². The number of alkyl halides is 2. The van der Waals surface area contributed by atoms with E-state index in [-0.39, 0.29) is 24.7 Å². The first kappa shape index (κ1) is 17.3. The quantitative estimate of drug-likeness (QED) is 0.827. The fourth-order valence-corrected chi connectivity index (χ4v) is 3.18. The predicted octanol–water partition coefficient (Wildman–Crippen LogP) is 4.54. The number of allylic oxidation sites excluding steroid dienone is 1. The van der Waals surface area contributed by atoms with E-state index in [9.17, 15) is 13.6 Å². The number of amides is 1. The van der Waals surface area contributed by atoms with Crippen LogP contribution in [0.4, 0.5) is 14.5 Å². The molecule has 25 heavy (non-hydrogen) atoms. The van der Waals surface area contributed by atoms with Crippen molar-refractivity contribution in [1.29, 1.82) is 0 Å². The zero-order valence-corrected chi connectivity index (χ0v) is 14.1. The highest BCUT2D eigenvalue weighted by Gasteiger charge is 2.33. The van der Waals surface area contributed by atoms with Gasteiger partial charge in [0.05, 0.1) is 11.9 Å². The smallest absolute Gasteiger partial charge is 0.248 e. The lowest BCUT2D eigenvalue weighted by Gasteiger charge is -2.26. The number of anilines is 1. The minimum atomic E-state index is -2.51. The number of halogens is 2. The Balaban J connectivity index is 1.83. The SMILES string of the molecule is C=CC(=O)Nc1cnc2c(c1)c(/C=C/C1CCC(F)(F)CC1)cn2C. The minimum absolute atomic E-state index is 0.0448. The van der Waals surface area contributed by atoms with Gasteiger partial charge in [-0.15, -0.1) is 0 Å². The van der Waals surface area contributed by atoms with Crippen LogP contribution < -0.4 is 5.32 Å². The monoisotopic (exact) mass is 345 g/mol. The van der Waals surface area contributed by atoms with Crippen LogP contribution in [0.2, 0.25) is 0 Å². The molecule has 1 saturated carbocycles. The van der Waals surface area contributed by atoms with Gasteiger partial charge < -0.3 is 9.88 Å². The van der Waals surface area contributed by atoms with Gasteiger partial charge in [0, 0.05) is 37.0 Å². The lowest BCUT2D eigenvalue weighted by atomic mass is 9.86. The Kier molecular flexibility index (Phi) is 4.70. The number of nitrogens with one attached hydrogen (secondary N) is 1. The molecule has 0 bridgehead atoms. The van der Waals surface area contributed by atoms with Crippen molar-refractivity contribution in [3.63, 3.8) is 0 Å². The number of aryl methyl sites for hydroxylation is 1. The second-order valence-corrected chi connectivity index (χ2v) is 6.54. The second kappa shape index (κ2) is 6.78. The molecule has 2 aromatic rings. The highest BCUT2D eigenvalue weighted by Crippen LogP contribution is 2.37. The summed E-state index contributed by atoms with van der Waals surface area (Å²) in [6, 6.07) is 1.86. The average Bonchev–Trinajstić information content (AvgIpc) is 2.89. The molecule has 0 radical (unpaired) electrons. The van der Waals surface area contributed by atoms with Crippen molar-refractivity contribution in [3.05, 3.63) is 42.8 Å². The zero-order valence-electron chi connectivity index (χ0n) is 14.1. The molecule has 4 nitrogen and oxygen atoms in total. The number of fused-ring (bicyclic) bond motifs is 1. The molecule has 132 valence electrons. The van der Waals surface area contributed by atoms with E-state index >= 15 is 0 Å². The summed E-state index contributed by atoms with van der Waals surface area (Å²) in [6.07, 6.45) is 9.66. The predicted molar refractivity (Wildman–Crippen MR) is 95.5 cm³/mol. The van der Waals surface area contributed by atoms with Gasteiger partial charge in [0.15, 0.2) is 0 Å². The first-order chi connectivity index (χ1) is 11.9. The van der Waals surface area contributed by atoms with E-state index in [0.717, 1.165) is 16.6 Å². The van der Waals surface area contributed by atoms with E-state index in [1.54, 1.807) is 6.20 Å². The molecule has 0 aliphatic heterocycles. The summed E-state index contributed by atoms with van der Waals surface area (Å²) in [5.74, 6) is -2.63. The normalized spacial score (nSPS) is 17.9. The maximum atomic E-state index is 13.3. The summed E-state index contributed by atoms with van der Waals surface area (Å²) < 4.78 is 28.4. The summed E-state index contributed by atoms with van der Waals surface area (Å²) in [5.41, 5.74) is 2.35. The van der Waals surface area contributed by atoms with Crippen LogP contribution in [0.3, 0.4) is 0 Å².